The molecule has 0 spiro atoms. The van der Waals surface area contributed by atoms with E-state index in [0.29, 0.717) is 24.9 Å². The molecule has 2 N–H and O–H groups in total. The fourth-order valence-corrected chi connectivity index (χ4v) is 3.47. The molecule has 0 unspecified atom stereocenters. The van der Waals surface area contributed by atoms with Crippen molar-refractivity contribution in [1.29, 1.82) is 0 Å². The SMILES string of the molecule is Cc1sc2nc(N3CCN(C=O)CC3)nc(N)c2c1C. The number of carbonyl (C=O) groups excluding carboxylic acids is 1. The Morgan fingerprint density at radius 3 is 2.55 bits per heavy atom. The Labute approximate surface area is 121 Å². The summed E-state index contributed by atoms with van der Waals surface area (Å²) in [6, 6.07) is 0. The minimum atomic E-state index is 0.546. The zero-order valence-corrected chi connectivity index (χ0v) is 12.4. The lowest BCUT2D eigenvalue weighted by atomic mass is 10.2. The van der Waals surface area contributed by atoms with Crippen molar-refractivity contribution in [1.82, 2.24) is 14.9 Å². The molecule has 1 aliphatic rings. The Bertz CT molecular complexity index is 660. The van der Waals surface area contributed by atoms with Crippen molar-refractivity contribution in [2.75, 3.05) is 36.8 Å². The molecule has 3 rings (SSSR count). The number of nitrogens with zero attached hydrogens (tertiary/aromatic N) is 4. The van der Waals surface area contributed by atoms with Crippen molar-refractivity contribution in [3.63, 3.8) is 0 Å². The summed E-state index contributed by atoms with van der Waals surface area (Å²) in [7, 11) is 0. The van der Waals surface area contributed by atoms with Gasteiger partial charge in [-0.25, -0.2) is 4.98 Å². The fraction of sp³-hybridized carbons (Fsp3) is 0.462. The van der Waals surface area contributed by atoms with Crippen LogP contribution in [0.25, 0.3) is 10.2 Å². The summed E-state index contributed by atoms with van der Waals surface area (Å²) < 4.78 is 0. The monoisotopic (exact) mass is 291 g/mol. The van der Waals surface area contributed by atoms with Crippen LogP contribution in [-0.4, -0.2) is 47.5 Å². The third-order valence-electron chi connectivity index (χ3n) is 3.79. The van der Waals surface area contributed by atoms with Gasteiger partial charge in [0.1, 0.15) is 10.6 Å². The molecule has 3 heterocycles. The second-order valence-electron chi connectivity index (χ2n) is 5.00. The molecule has 1 saturated heterocycles. The van der Waals surface area contributed by atoms with Crippen LogP contribution in [0.4, 0.5) is 11.8 Å². The van der Waals surface area contributed by atoms with Crippen LogP contribution >= 0.6 is 11.3 Å². The quantitative estimate of drug-likeness (QED) is 0.841. The number of amides is 1. The number of carbonyl (C=O) groups is 1. The Morgan fingerprint density at radius 1 is 1.20 bits per heavy atom. The number of hydrogen-bond acceptors (Lipinski definition) is 6. The Balaban J connectivity index is 1.95. The van der Waals surface area contributed by atoms with Gasteiger partial charge in [-0.3, -0.25) is 4.79 Å². The molecule has 0 radical (unpaired) electrons. The summed E-state index contributed by atoms with van der Waals surface area (Å²) >= 11 is 1.65. The van der Waals surface area contributed by atoms with E-state index < -0.39 is 0 Å². The lowest BCUT2D eigenvalue weighted by Gasteiger charge is -2.32. The van der Waals surface area contributed by atoms with Crippen LogP contribution in [-0.2, 0) is 4.79 Å². The van der Waals surface area contributed by atoms with E-state index in [1.807, 2.05) is 0 Å². The number of aryl methyl sites for hydroxylation is 2. The highest BCUT2D eigenvalue weighted by Crippen LogP contribution is 2.33. The van der Waals surface area contributed by atoms with Crippen LogP contribution in [0.2, 0.25) is 0 Å². The largest absolute Gasteiger partial charge is 0.383 e. The molecule has 6 nitrogen and oxygen atoms in total. The molecule has 0 aliphatic carbocycles. The number of aromatic nitrogens is 2. The predicted octanol–water partition coefficient (Wildman–Crippen LogP) is 1.17. The number of piperazine rings is 1. The summed E-state index contributed by atoms with van der Waals surface area (Å²) in [5.41, 5.74) is 7.26. The number of hydrogen-bond donors (Lipinski definition) is 1. The summed E-state index contributed by atoms with van der Waals surface area (Å²) in [5, 5.41) is 0.975. The Morgan fingerprint density at radius 2 is 1.90 bits per heavy atom. The maximum Gasteiger partial charge on any atom is 0.228 e. The first-order chi connectivity index (χ1) is 9.60. The van der Waals surface area contributed by atoms with Crippen molar-refractivity contribution in [3.8, 4) is 0 Å². The van der Waals surface area contributed by atoms with Crippen molar-refractivity contribution < 1.29 is 4.79 Å². The highest BCUT2D eigenvalue weighted by molar-refractivity contribution is 7.18. The number of nitrogen functional groups attached to an aromatic ring is 1. The maximum absolute atomic E-state index is 10.7. The number of thiophene rings is 1. The van der Waals surface area contributed by atoms with Crippen LogP contribution in [0, 0.1) is 13.8 Å². The molecule has 7 heteroatoms. The lowest BCUT2D eigenvalue weighted by molar-refractivity contribution is -0.118. The molecule has 2 aromatic rings. The molecule has 0 atom stereocenters. The highest BCUT2D eigenvalue weighted by atomic mass is 32.1. The van der Waals surface area contributed by atoms with E-state index in [4.69, 9.17) is 5.73 Å². The second-order valence-corrected chi connectivity index (χ2v) is 6.20. The van der Waals surface area contributed by atoms with Gasteiger partial charge in [0.25, 0.3) is 0 Å². The summed E-state index contributed by atoms with van der Waals surface area (Å²) in [6.07, 6.45) is 0.891. The average molecular weight is 291 g/mol. The molecule has 1 fully saturated rings. The predicted molar refractivity (Wildman–Crippen MR) is 81.2 cm³/mol. The normalized spacial score (nSPS) is 15.9. The van der Waals surface area contributed by atoms with E-state index >= 15 is 0 Å². The van der Waals surface area contributed by atoms with Crippen LogP contribution in [0.1, 0.15) is 10.4 Å². The Kier molecular flexibility index (Phi) is 3.21. The minimum absolute atomic E-state index is 0.546. The zero-order chi connectivity index (χ0) is 14.3. The highest BCUT2D eigenvalue weighted by Gasteiger charge is 2.20. The van der Waals surface area contributed by atoms with Gasteiger partial charge in [-0.1, -0.05) is 0 Å². The van der Waals surface area contributed by atoms with Crippen LogP contribution < -0.4 is 10.6 Å². The van der Waals surface area contributed by atoms with Crippen molar-refractivity contribution in [3.05, 3.63) is 10.4 Å². The first kappa shape index (κ1) is 13.1. The smallest absolute Gasteiger partial charge is 0.228 e. The number of rotatable bonds is 2. The van der Waals surface area contributed by atoms with Gasteiger partial charge in [0, 0.05) is 31.1 Å². The minimum Gasteiger partial charge on any atom is -0.383 e. The number of anilines is 2. The molecule has 0 bridgehead atoms. The van der Waals surface area contributed by atoms with Crippen LogP contribution in [0.3, 0.4) is 0 Å². The molecular formula is C13H17N5OS. The summed E-state index contributed by atoms with van der Waals surface area (Å²) in [4.78, 5) is 25.8. The van der Waals surface area contributed by atoms with Gasteiger partial charge in [-0.15, -0.1) is 11.3 Å². The maximum atomic E-state index is 10.7. The molecule has 2 aromatic heterocycles. The van der Waals surface area contributed by atoms with Gasteiger partial charge in [-0.05, 0) is 19.4 Å². The molecular weight excluding hydrogens is 274 g/mol. The van der Waals surface area contributed by atoms with Gasteiger partial charge in [0.05, 0.1) is 5.39 Å². The zero-order valence-electron chi connectivity index (χ0n) is 11.6. The van der Waals surface area contributed by atoms with E-state index in [0.717, 1.165) is 29.7 Å². The lowest BCUT2D eigenvalue weighted by Crippen LogP contribution is -2.46. The molecule has 1 aliphatic heterocycles. The van der Waals surface area contributed by atoms with Gasteiger partial charge in [0.2, 0.25) is 12.4 Å². The third kappa shape index (κ3) is 2.07. The number of nitrogens with two attached hydrogens (primary N) is 1. The molecule has 1 amide bonds. The number of fused-ring (bicyclic) bond motifs is 1. The first-order valence-corrected chi connectivity index (χ1v) is 7.39. The van der Waals surface area contributed by atoms with Gasteiger partial charge >= 0.3 is 0 Å². The van der Waals surface area contributed by atoms with Gasteiger partial charge < -0.3 is 15.5 Å². The third-order valence-corrected chi connectivity index (χ3v) is 4.89. The van der Waals surface area contributed by atoms with Crippen LogP contribution in [0.15, 0.2) is 0 Å². The van der Waals surface area contributed by atoms with Crippen molar-refractivity contribution >= 4 is 39.7 Å². The topological polar surface area (TPSA) is 75.4 Å². The second kappa shape index (κ2) is 4.90. The van der Waals surface area contributed by atoms with E-state index in [1.54, 1.807) is 16.2 Å². The first-order valence-electron chi connectivity index (χ1n) is 6.57. The van der Waals surface area contributed by atoms with E-state index in [2.05, 4.69) is 28.7 Å². The molecule has 0 saturated carbocycles. The Hall–Kier alpha value is -1.89. The van der Waals surface area contributed by atoms with Crippen molar-refractivity contribution in [2.45, 2.75) is 13.8 Å². The van der Waals surface area contributed by atoms with Crippen LogP contribution in [0.5, 0.6) is 0 Å². The van der Waals surface area contributed by atoms with E-state index in [1.165, 1.54) is 10.4 Å². The summed E-state index contributed by atoms with van der Waals surface area (Å²) in [5.74, 6) is 1.21. The van der Waals surface area contributed by atoms with Crippen molar-refractivity contribution in [2.24, 2.45) is 0 Å². The summed E-state index contributed by atoms with van der Waals surface area (Å²) in [6.45, 7) is 7.01. The van der Waals surface area contributed by atoms with E-state index in [9.17, 15) is 4.79 Å². The molecule has 0 aromatic carbocycles. The molecule has 20 heavy (non-hydrogen) atoms. The van der Waals surface area contributed by atoms with E-state index in [-0.39, 0.29) is 0 Å². The average Bonchev–Trinajstić information content (AvgIpc) is 2.74. The standard InChI is InChI=1S/C13H17N5OS/c1-8-9(2)20-12-10(8)11(14)15-13(16-12)18-5-3-17(7-19)4-6-18/h7H,3-6H2,1-2H3,(H2,14,15,16). The van der Waals surface area contributed by atoms with Gasteiger partial charge in [-0.2, -0.15) is 4.98 Å². The molecule has 106 valence electrons. The van der Waals surface area contributed by atoms with Gasteiger partial charge in [0.15, 0.2) is 0 Å². The fourth-order valence-electron chi connectivity index (χ4n) is 2.44.